The lowest BCUT2D eigenvalue weighted by molar-refractivity contribution is 0.174. The van der Waals surface area contributed by atoms with Gasteiger partial charge in [-0.25, -0.2) is 0 Å². The van der Waals surface area contributed by atoms with Gasteiger partial charge in [-0.1, -0.05) is 38.1 Å². The number of hydrogen-bond donors (Lipinski definition) is 1. The summed E-state index contributed by atoms with van der Waals surface area (Å²) in [7, 11) is 4.28. The Morgan fingerprint density at radius 1 is 1.15 bits per heavy atom. The highest BCUT2D eigenvalue weighted by Crippen LogP contribution is 2.11. The van der Waals surface area contributed by atoms with Crippen LogP contribution in [0.15, 0.2) is 24.3 Å². The zero-order chi connectivity index (χ0) is 15.0. The number of nitrogens with one attached hydrogen (secondary N) is 1. The summed E-state index contributed by atoms with van der Waals surface area (Å²) < 4.78 is 0. The van der Waals surface area contributed by atoms with Crippen molar-refractivity contribution in [2.75, 3.05) is 33.7 Å². The summed E-state index contributed by atoms with van der Waals surface area (Å²) in [6.07, 6.45) is 0. The molecule has 0 amide bonds. The normalized spacial score (nSPS) is 13.2. The molecule has 1 rings (SSSR count). The van der Waals surface area contributed by atoms with E-state index in [1.807, 2.05) is 0 Å². The number of benzene rings is 1. The van der Waals surface area contributed by atoms with Crippen molar-refractivity contribution in [1.29, 1.82) is 0 Å². The third-order valence-electron chi connectivity index (χ3n) is 3.62. The molecule has 1 atom stereocenters. The fourth-order valence-electron chi connectivity index (χ4n) is 2.57. The molecule has 3 nitrogen and oxygen atoms in total. The second-order valence-corrected chi connectivity index (χ2v) is 5.77. The summed E-state index contributed by atoms with van der Waals surface area (Å²) in [6, 6.07) is 9.51. The highest BCUT2D eigenvalue weighted by molar-refractivity contribution is 5.23. The van der Waals surface area contributed by atoms with Crippen LogP contribution in [0.5, 0.6) is 0 Å². The molecule has 0 heterocycles. The van der Waals surface area contributed by atoms with Gasteiger partial charge in [0.05, 0.1) is 0 Å². The van der Waals surface area contributed by atoms with Gasteiger partial charge in [0, 0.05) is 25.7 Å². The van der Waals surface area contributed by atoms with Crippen molar-refractivity contribution in [1.82, 2.24) is 15.1 Å². The van der Waals surface area contributed by atoms with Gasteiger partial charge < -0.3 is 10.2 Å². The molecule has 0 saturated carbocycles. The van der Waals surface area contributed by atoms with E-state index in [0.29, 0.717) is 6.04 Å². The van der Waals surface area contributed by atoms with Gasteiger partial charge in [-0.05, 0) is 45.2 Å². The molecule has 3 heteroatoms. The van der Waals surface area contributed by atoms with Gasteiger partial charge in [0.2, 0.25) is 0 Å². The third-order valence-corrected chi connectivity index (χ3v) is 3.62. The van der Waals surface area contributed by atoms with Crippen molar-refractivity contribution in [2.45, 2.75) is 39.9 Å². The zero-order valence-electron chi connectivity index (χ0n) is 13.8. The van der Waals surface area contributed by atoms with Gasteiger partial charge in [-0.15, -0.1) is 0 Å². The van der Waals surface area contributed by atoms with E-state index in [4.69, 9.17) is 0 Å². The molecule has 0 saturated heterocycles. The average Bonchev–Trinajstić information content (AvgIpc) is 2.42. The number of likely N-dealkylation sites (N-methyl/N-ethyl adjacent to an activating group) is 2. The van der Waals surface area contributed by atoms with Crippen molar-refractivity contribution in [2.24, 2.45) is 0 Å². The Balaban J connectivity index is 2.64. The van der Waals surface area contributed by atoms with Crippen LogP contribution in [-0.4, -0.2) is 49.6 Å². The predicted molar refractivity (Wildman–Crippen MR) is 87.9 cm³/mol. The van der Waals surface area contributed by atoms with Crippen LogP contribution in [0, 0.1) is 0 Å². The Morgan fingerprint density at radius 2 is 1.85 bits per heavy atom. The molecule has 114 valence electrons. The molecule has 0 aliphatic rings. The van der Waals surface area contributed by atoms with Crippen molar-refractivity contribution >= 4 is 0 Å². The van der Waals surface area contributed by atoms with Crippen LogP contribution >= 0.6 is 0 Å². The summed E-state index contributed by atoms with van der Waals surface area (Å²) >= 11 is 0. The van der Waals surface area contributed by atoms with E-state index in [2.05, 4.69) is 74.2 Å². The summed E-state index contributed by atoms with van der Waals surface area (Å²) in [5.74, 6) is 0. The maximum atomic E-state index is 3.39. The molecular formula is C17H31N3. The molecule has 0 fully saturated rings. The number of hydrogen-bond acceptors (Lipinski definition) is 3. The maximum Gasteiger partial charge on any atom is 0.0237 e. The first-order valence-electron chi connectivity index (χ1n) is 7.74. The monoisotopic (exact) mass is 277 g/mol. The topological polar surface area (TPSA) is 18.5 Å². The molecule has 0 aliphatic heterocycles. The van der Waals surface area contributed by atoms with E-state index in [1.54, 1.807) is 0 Å². The number of nitrogens with zero attached hydrogens (tertiary/aromatic N) is 2. The highest BCUT2D eigenvalue weighted by atomic mass is 15.2. The Morgan fingerprint density at radius 3 is 2.45 bits per heavy atom. The SMILES string of the molecule is CCNCc1cccc(CN(CC)C(C)CN(C)C)c1. The first kappa shape index (κ1) is 17.2. The second kappa shape index (κ2) is 9.11. The maximum absolute atomic E-state index is 3.39. The van der Waals surface area contributed by atoms with Crippen molar-refractivity contribution < 1.29 is 0 Å². The third kappa shape index (κ3) is 6.04. The van der Waals surface area contributed by atoms with Crippen LogP contribution in [-0.2, 0) is 13.1 Å². The van der Waals surface area contributed by atoms with Crippen LogP contribution in [0.1, 0.15) is 31.9 Å². The molecule has 1 N–H and O–H groups in total. The molecule has 0 aromatic heterocycles. The molecule has 0 bridgehead atoms. The van der Waals surface area contributed by atoms with Crippen LogP contribution in [0.2, 0.25) is 0 Å². The Hall–Kier alpha value is -0.900. The van der Waals surface area contributed by atoms with Gasteiger partial charge in [0.15, 0.2) is 0 Å². The van der Waals surface area contributed by atoms with Crippen molar-refractivity contribution in [3.63, 3.8) is 0 Å². The molecule has 1 aromatic carbocycles. The van der Waals surface area contributed by atoms with E-state index in [0.717, 1.165) is 32.7 Å². The quantitative estimate of drug-likeness (QED) is 0.748. The number of rotatable bonds is 9. The predicted octanol–water partition coefficient (Wildman–Crippen LogP) is 2.57. The molecular weight excluding hydrogens is 246 g/mol. The Kier molecular flexibility index (Phi) is 7.82. The minimum absolute atomic E-state index is 0.576. The Labute approximate surface area is 125 Å². The van der Waals surface area contributed by atoms with Crippen molar-refractivity contribution in [3.05, 3.63) is 35.4 Å². The van der Waals surface area contributed by atoms with E-state index >= 15 is 0 Å². The van der Waals surface area contributed by atoms with Gasteiger partial charge in [-0.2, -0.15) is 0 Å². The molecule has 20 heavy (non-hydrogen) atoms. The first-order chi connectivity index (χ1) is 9.56. The molecule has 0 radical (unpaired) electrons. The average molecular weight is 277 g/mol. The summed E-state index contributed by atoms with van der Waals surface area (Å²) in [6.45, 7) is 11.9. The van der Waals surface area contributed by atoms with E-state index < -0.39 is 0 Å². The minimum Gasteiger partial charge on any atom is -0.313 e. The second-order valence-electron chi connectivity index (χ2n) is 5.77. The lowest BCUT2D eigenvalue weighted by atomic mass is 10.1. The standard InChI is InChI=1S/C17H31N3/c1-6-18-12-16-9-8-10-17(11-16)14-20(7-2)15(3)13-19(4)5/h8-11,15,18H,6-7,12-14H2,1-5H3. The summed E-state index contributed by atoms with van der Waals surface area (Å²) in [5, 5.41) is 3.39. The van der Waals surface area contributed by atoms with Gasteiger partial charge >= 0.3 is 0 Å². The summed E-state index contributed by atoms with van der Waals surface area (Å²) in [5.41, 5.74) is 2.79. The van der Waals surface area contributed by atoms with Crippen LogP contribution in [0.25, 0.3) is 0 Å². The minimum atomic E-state index is 0.576. The first-order valence-corrected chi connectivity index (χ1v) is 7.74. The fraction of sp³-hybridized carbons (Fsp3) is 0.647. The molecule has 1 unspecified atom stereocenters. The van der Waals surface area contributed by atoms with Gasteiger partial charge in [-0.3, -0.25) is 4.90 Å². The molecule has 1 aromatic rings. The molecule has 0 aliphatic carbocycles. The lowest BCUT2D eigenvalue weighted by Crippen LogP contribution is -2.39. The highest BCUT2D eigenvalue weighted by Gasteiger charge is 2.13. The van der Waals surface area contributed by atoms with Gasteiger partial charge in [0.25, 0.3) is 0 Å². The van der Waals surface area contributed by atoms with E-state index in [9.17, 15) is 0 Å². The Bertz CT molecular complexity index is 376. The molecule has 0 spiro atoms. The van der Waals surface area contributed by atoms with Crippen LogP contribution in [0.3, 0.4) is 0 Å². The van der Waals surface area contributed by atoms with E-state index in [-0.39, 0.29) is 0 Å². The largest absolute Gasteiger partial charge is 0.313 e. The smallest absolute Gasteiger partial charge is 0.0237 e. The van der Waals surface area contributed by atoms with Crippen LogP contribution in [0.4, 0.5) is 0 Å². The lowest BCUT2D eigenvalue weighted by Gasteiger charge is -2.30. The van der Waals surface area contributed by atoms with E-state index in [1.165, 1.54) is 11.1 Å². The van der Waals surface area contributed by atoms with Gasteiger partial charge in [0.1, 0.15) is 0 Å². The van der Waals surface area contributed by atoms with Crippen molar-refractivity contribution in [3.8, 4) is 0 Å². The zero-order valence-corrected chi connectivity index (χ0v) is 13.8. The van der Waals surface area contributed by atoms with Crippen LogP contribution < -0.4 is 5.32 Å². The fourth-order valence-corrected chi connectivity index (χ4v) is 2.57. The summed E-state index contributed by atoms with van der Waals surface area (Å²) in [4.78, 5) is 4.79.